The van der Waals surface area contributed by atoms with Gasteiger partial charge in [-0.05, 0) is 23.5 Å². The molecule has 132 valence electrons. The van der Waals surface area contributed by atoms with Crippen LogP contribution in [0.2, 0.25) is 0 Å². The zero-order valence-electron chi connectivity index (χ0n) is 15.3. The predicted molar refractivity (Wildman–Crippen MR) is 108 cm³/mol. The minimum absolute atomic E-state index is 0.0886. The molecule has 1 aromatic carbocycles. The van der Waals surface area contributed by atoms with Crippen LogP contribution in [0.4, 0.5) is 0 Å². The van der Waals surface area contributed by atoms with Gasteiger partial charge in [0.15, 0.2) is 0 Å². The number of nitrogens with zero attached hydrogens (tertiary/aromatic N) is 2. The number of hydrogen-bond donors (Lipinski definition) is 0. The van der Waals surface area contributed by atoms with E-state index >= 15 is 0 Å². The first-order chi connectivity index (χ1) is 12.1. The fourth-order valence-corrected chi connectivity index (χ4v) is 4.00. The Labute approximate surface area is 153 Å². The Hall–Kier alpha value is -1.94. The number of aryl methyl sites for hydroxylation is 1. The molecule has 0 spiro atoms. The Balaban J connectivity index is 1.95. The van der Waals surface area contributed by atoms with Gasteiger partial charge in [0, 0.05) is 17.5 Å². The molecule has 2 aromatic heterocycles. The molecule has 3 nitrogen and oxygen atoms in total. The van der Waals surface area contributed by atoms with Crippen molar-refractivity contribution >= 4 is 21.6 Å². The maximum Gasteiger partial charge on any atom is 0.262 e. The van der Waals surface area contributed by atoms with E-state index < -0.39 is 0 Å². The molecule has 4 heteroatoms. The Morgan fingerprint density at radius 1 is 1.12 bits per heavy atom. The molecule has 0 aliphatic rings. The lowest BCUT2D eigenvalue weighted by molar-refractivity contribution is 0.568. The highest BCUT2D eigenvalue weighted by Crippen LogP contribution is 2.31. The number of rotatable bonds is 7. The van der Waals surface area contributed by atoms with E-state index in [-0.39, 0.29) is 5.56 Å². The largest absolute Gasteiger partial charge is 0.299 e. The standard InChI is InChI=1S/C21H26N2OS/c1-4-5-6-7-12-23-14-22-20-19(21(23)24)18(13-25-20)17-10-8-16(9-11-17)15(2)3/h8-11,13-15H,4-7,12H2,1-3H3. The van der Waals surface area contributed by atoms with Crippen LogP contribution in [0.15, 0.2) is 40.8 Å². The molecule has 0 saturated heterocycles. The van der Waals surface area contributed by atoms with Crippen LogP contribution in [-0.2, 0) is 6.54 Å². The molecule has 0 aliphatic carbocycles. The van der Waals surface area contributed by atoms with E-state index in [0.717, 1.165) is 40.7 Å². The van der Waals surface area contributed by atoms with Crippen molar-refractivity contribution in [3.05, 3.63) is 51.9 Å². The van der Waals surface area contributed by atoms with Gasteiger partial charge >= 0.3 is 0 Å². The highest BCUT2D eigenvalue weighted by atomic mass is 32.1. The van der Waals surface area contributed by atoms with E-state index in [2.05, 4.69) is 55.4 Å². The van der Waals surface area contributed by atoms with Gasteiger partial charge in [-0.25, -0.2) is 4.98 Å². The average Bonchev–Trinajstić information content (AvgIpc) is 3.05. The summed E-state index contributed by atoms with van der Waals surface area (Å²) in [5, 5.41) is 2.82. The Kier molecular flexibility index (Phi) is 5.69. The van der Waals surface area contributed by atoms with E-state index in [1.54, 1.807) is 22.2 Å². The summed E-state index contributed by atoms with van der Waals surface area (Å²) in [6, 6.07) is 8.55. The molecule has 0 bridgehead atoms. The SMILES string of the molecule is CCCCCCn1cnc2scc(-c3ccc(C(C)C)cc3)c2c1=O. The third-order valence-electron chi connectivity index (χ3n) is 4.70. The third-order valence-corrected chi connectivity index (χ3v) is 5.59. The van der Waals surface area contributed by atoms with Crippen molar-refractivity contribution in [2.45, 2.75) is 58.9 Å². The molecular weight excluding hydrogens is 328 g/mol. The minimum Gasteiger partial charge on any atom is -0.299 e. The average molecular weight is 355 g/mol. The summed E-state index contributed by atoms with van der Waals surface area (Å²) < 4.78 is 1.77. The Bertz CT molecular complexity index is 890. The molecular formula is C21H26N2OS. The summed E-state index contributed by atoms with van der Waals surface area (Å²) in [6.45, 7) is 7.33. The molecule has 25 heavy (non-hydrogen) atoms. The van der Waals surface area contributed by atoms with Gasteiger partial charge in [0.25, 0.3) is 5.56 Å². The second kappa shape index (κ2) is 7.96. The smallest absolute Gasteiger partial charge is 0.262 e. The summed E-state index contributed by atoms with van der Waals surface area (Å²) in [5.41, 5.74) is 3.51. The number of aromatic nitrogens is 2. The molecule has 0 radical (unpaired) electrons. The van der Waals surface area contributed by atoms with Crippen molar-refractivity contribution < 1.29 is 0 Å². The van der Waals surface area contributed by atoms with Crippen molar-refractivity contribution in [1.82, 2.24) is 9.55 Å². The molecule has 0 N–H and O–H groups in total. The van der Waals surface area contributed by atoms with Crippen LogP contribution in [0.1, 0.15) is 57.9 Å². The fourth-order valence-electron chi connectivity index (χ4n) is 3.10. The first-order valence-electron chi connectivity index (χ1n) is 9.18. The van der Waals surface area contributed by atoms with E-state index in [0.29, 0.717) is 5.92 Å². The second-order valence-corrected chi connectivity index (χ2v) is 7.77. The quantitative estimate of drug-likeness (QED) is 0.500. The summed E-state index contributed by atoms with van der Waals surface area (Å²) in [4.78, 5) is 18.3. The van der Waals surface area contributed by atoms with Crippen molar-refractivity contribution in [1.29, 1.82) is 0 Å². The van der Waals surface area contributed by atoms with E-state index in [4.69, 9.17) is 0 Å². The summed E-state index contributed by atoms with van der Waals surface area (Å²) >= 11 is 1.55. The van der Waals surface area contributed by atoms with E-state index in [9.17, 15) is 4.79 Å². The molecule has 3 aromatic rings. The van der Waals surface area contributed by atoms with Crippen LogP contribution < -0.4 is 5.56 Å². The van der Waals surface area contributed by atoms with Crippen molar-refractivity contribution in [2.75, 3.05) is 0 Å². The molecule has 0 aliphatic heterocycles. The lowest BCUT2D eigenvalue weighted by Gasteiger charge is -2.08. The summed E-state index contributed by atoms with van der Waals surface area (Å²) in [6.07, 6.45) is 6.32. The van der Waals surface area contributed by atoms with Crippen molar-refractivity contribution in [3.8, 4) is 11.1 Å². The Morgan fingerprint density at radius 2 is 1.88 bits per heavy atom. The van der Waals surface area contributed by atoms with Crippen LogP contribution >= 0.6 is 11.3 Å². The van der Waals surface area contributed by atoms with Gasteiger partial charge in [-0.1, -0.05) is 64.3 Å². The number of unbranched alkanes of at least 4 members (excludes halogenated alkanes) is 3. The van der Waals surface area contributed by atoms with E-state index in [1.807, 2.05) is 0 Å². The Morgan fingerprint density at radius 3 is 2.56 bits per heavy atom. The molecule has 0 atom stereocenters. The molecule has 2 heterocycles. The summed E-state index contributed by atoms with van der Waals surface area (Å²) in [7, 11) is 0. The lowest BCUT2D eigenvalue weighted by atomic mass is 9.99. The zero-order valence-corrected chi connectivity index (χ0v) is 16.1. The molecule has 0 fully saturated rings. The number of thiophene rings is 1. The molecule has 0 amide bonds. The molecule has 3 rings (SSSR count). The van der Waals surface area contributed by atoms with Gasteiger partial charge in [0.2, 0.25) is 0 Å². The van der Waals surface area contributed by atoms with Crippen LogP contribution in [0.3, 0.4) is 0 Å². The fraction of sp³-hybridized carbons (Fsp3) is 0.429. The normalized spacial score (nSPS) is 11.5. The van der Waals surface area contributed by atoms with Gasteiger partial charge < -0.3 is 0 Å². The van der Waals surface area contributed by atoms with Gasteiger partial charge in [-0.15, -0.1) is 11.3 Å². The third kappa shape index (κ3) is 3.84. The zero-order chi connectivity index (χ0) is 17.8. The topological polar surface area (TPSA) is 34.9 Å². The first kappa shape index (κ1) is 17.9. The van der Waals surface area contributed by atoms with Crippen molar-refractivity contribution in [2.24, 2.45) is 0 Å². The monoisotopic (exact) mass is 354 g/mol. The number of benzene rings is 1. The maximum absolute atomic E-state index is 13.0. The lowest BCUT2D eigenvalue weighted by Crippen LogP contribution is -2.20. The van der Waals surface area contributed by atoms with Gasteiger partial charge in [-0.3, -0.25) is 9.36 Å². The van der Waals surface area contributed by atoms with Crippen LogP contribution in [0.5, 0.6) is 0 Å². The van der Waals surface area contributed by atoms with Crippen molar-refractivity contribution in [3.63, 3.8) is 0 Å². The van der Waals surface area contributed by atoms with Gasteiger partial charge in [0.1, 0.15) is 4.83 Å². The van der Waals surface area contributed by atoms with Crippen LogP contribution in [0.25, 0.3) is 21.3 Å². The second-order valence-electron chi connectivity index (χ2n) is 6.91. The van der Waals surface area contributed by atoms with Gasteiger partial charge in [0.05, 0.1) is 11.7 Å². The maximum atomic E-state index is 13.0. The molecule has 0 saturated carbocycles. The van der Waals surface area contributed by atoms with Crippen LogP contribution in [0, 0.1) is 0 Å². The molecule has 0 unspecified atom stereocenters. The number of hydrogen-bond acceptors (Lipinski definition) is 3. The first-order valence-corrected chi connectivity index (χ1v) is 10.1. The minimum atomic E-state index is 0.0886. The highest BCUT2D eigenvalue weighted by Gasteiger charge is 2.13. The highest BCUT2D eigenvalue weighted by molar-refractivity contribution is 7.17. The number of fused-ring (bicyclic) bond motifs is 1. The van der Waals surface area contributed by atoms with Crippen LogP contribution in [-0.4, -0.2) is 9.55 Å². The summed E-state index contributed by atoms with van der Waals surface area (Å²) in [5.74, 6) is 0.510. The van der Waals surface area contributed by atoms with E-state index in [1.165, 1.54) is 18.4 Å². The predicted octanol–water partition coefficient (Wildman–Crippen LogP) is 5.83. The van der Waals surface area contributed by atoms with Gasteiger partial charge in [-0.2, -0.15) is 0 Å².